The molecule has 6 nitrogen and oxygen atoms in total. The molecule has 2 atom stereocenters. The zero-order valence-electron chi connectivity index (χ0n) is 16.9. The zero-order valence-corrected chi connectivity index (χ0v) is 16.9. The zero-order chi connectivity index (χ0) is 20.9. The molecule has 0 saturated carbocycles. The Labute approximate surface area is 178 Å². The van der Waals surface area contributed by atoms with E-state index in [-0.39, 0.29) is 17.9 Å². The topological polar surface area (TPSA) is 64.8 Å². The summed E-state index contributed by atoms with van der Waals surface area (Å²) in [6.45, 7) is 2.69. The maximum atomic E-state index is 13.8. The Morgan fingerprint density at radius 1 is 1.00 bits per heavy atom. The Morgan fingerprint density at radius 3 is 2.68 bits per heavy atom. The van der Waals surface area contributed by atoms with Gasteiger partial charge in [0.05, 0.1) is 19.3 Å². The fourth-order valence-corrected chi connectivity index (χ4v) is 4.65. The summed E-state index contributed by atoms with van der Waals surface area (Å²) in [4.78, 5) is 19.8. The second kappa shape index (κ2) is 6.96. The maximum absolute atomic E-state index is 13.8. The lowest BCUT2D eigenvalue weighted by molar-refractivity contribution is -0.0966. The summed E-state index contributed by atoms with van der Waals surface area (Å²) in [5.74, 6) is 1.09. The van der Waals surface area contributed by atoms with Crippen LogP contribution in [-0.2, 0) is 4.84 Å². The van der Waals surface area contributed by atoms with Crippen LogP contribution in [0.5, 0.6) is 5.75 Å². The Hall–Kier alpha value is -3.64. The molecule has 3 heterocycles. The molecule has 6 rings (SSSR count). The molecule has 154 valence electrons. The summed E-state index contributed by atoms with van der Waals surface area (Å²) in [6, 6.07) is 21.5. The van der Waals surface area contributed by atoms with E-state index in [9.17, 15) is 4.79 Å². The van der Waals surface area contributed by atoms with E-state index >= 15 is 0 Å². The summed E-state index contributed by atoms with van der Waals surface area (Å²) in [5, 5.41) is 7.86. The van der Waals surface area contributed by atoms with Gasteiger partial charge in [-0.05, 0) is 23.8 Å². The molecule has 2 aliphatic rings. The molecule has 31 heavy (non-hydrogen) atoms. The molecule has 6 heteroatoms. The summed E-state index contributed by atoms with van der Waals surface area (Å²) < 4.78 is 11.5. The molecule has 0 spiro atoms. The average Bonchev–Trinajstić information content (AvgIpc) is 3.42. The molecular weight excluding hydrogens is 392 g/mol. The standard InChI is InChI=1S/C25H20N2O4/c1-15-21(23(26-31-15)17-8-3-2-4-9-17)25(28)27-24-18(14-30-27)13-29-20-12-11-16-7-5-6-10-19(16)22(20)24/h2-12,18,24H,13-14H2,1H3/t18-,24-/m1/s1. The fraction of sp³-hybridized carbons (Fsp3) is 0.200. The number of rotatable bonds is 2. The minimum Gasteiger partial charge on any atom is -0.493 e. The highest BCUT2D eigenvalue weighted by atomic mass is 16.7. The van der Waals surface area contributed by atoms with Gasteiger partial charge in [0.2, 0.25) is 0 Å². The third-order valence-corrected chi connectivity index (χ3v) is 6.13. The van der Waals surface area contributed by atoms with E-state index in [1.54, 1.807) is 6.92 Å². The van der Waals surface area contributed by atoms with Crippen molar-refractivity contribution in [3.05, 3.63) is 83.6 Å². The quantitative estimate of drug-likeness (QED) is 0.467. The van der Waals surface area contributed by atoms with Crippen molar-refractivity contribution in [2.24, 2.45) is 5.92 Å². The molecule has 1 fully saturated rings. The third-order valence-electron chi connectivity index (χ3n) is 6.13. The predicted octanol–water partition coefficient (Wildman–Crippen LogP) is 4.94. The number of aromatic nitrogens is 1. The molecule has 2 aliphatic heterocycles. The number of benzene rings is 3. The minimum absolute atomic E-state index is 0.0580. The van der Waals surface area contributed by atoms with Crippen molar-refractivity contribution in [2.45, 2.75) is 13.0 Å². The molecule has 1 saturated heterocycles. The summed E-state index contributed by atoms with van der Waals surface area (Å²) in [6.07, 6.45) is 0. The van der Waals surface area contributed by atoms with Crippen molar-refractivity contribution in [3.63, 3.8) is 0 Å². The number of carbonyl (C=O) groups excluding carboxylic acids is 1. The van der Waals surface area contributed by atoms with Gasteiger partial charge >= 0.3 is 0 Å². The number of amides is 1. The SMILES string of the molecule is Cc1onc(-c2ccccc2)c1C(=O)N1OC[C@H]2COc3ccc4ccccc4c3[C@@H]21. The van der Waals surface area contributed by atoms with Crippen molar-refractivity contribution in [2.75, 3.05) is 13.2 Å². The lowest BCUT2D eigenvalue weighted by atomic mass is 9.88. The van der Waals surface area contributed by atoms with Crippen molar-refractivity contribution < 1.29 is 18.9 Å². The Kier molecular flexibility index (Phi) is 4.07. The van der Waals surface area contributed by atoms with E-state index in [1.165, 1.54) is 5.06 Å². The van der Waals surface area contributed by atoms with Crippen LogP contribution in [0.2, 0.25) is 0 Å². The first-order valence-electron chi connectivity index (χ1n) is 10.3. The number of hydrogen-bond acceptors (Lipinski definition) is 5. The first-order chi connectivity index (χ1) is 15.2. The van der Waals surface area contributed by atoms with Gasteiger partial charge in [-0.25, -0.2) is 5.06 Å². The predicted molar refractivity (Wildman–Crippen MR) is 114 cm³/mol. The molecule has 0 aliphatic carbocycles. The van der Waals surface area contributed by atoms with Gasteiger partial charge in [0.1, 0.15) is 22.8 Å². The first kappa shape index (κ1) is 18.2. The largest absolute Gasteiger partial charge is 0.493 e. The van der Waals surface area contributed by atoms with Gasteiger partial charge in [-0.2, -0.15) is 0 Å². The maximum Gasteiger partial charge on any atom is 0.283 e. The Balaban J connectivity index is 1.47. The van der Waals surface area contributed by atoms with E-state index in [1.807, 2.05) is 54.6 Å². The van der Waals surface area contributed by atoms with Crippen molar-refractivity contribution >= 4 is 16.7 Å². The molecule has 0 radical (unpaired) electrons. The summed E-state index contributed by atoms with van der Waals surface area (Å²) in [5.41, 5.74) is 2.78. The van der Waals surface area contributed by atoms with Crippen LogP contribution < -0.4 is 4.74 Å². The van der Waals surface area contributed by atoms with E-state index in [0.717, 1.165) is 27.6 Å². The van der Waals surface area contributed by atoms with E-state index in [4.69, 9.17) is 14.1 Å². The van der Waals surface area contributed by atoms with Gasteiger partial charge in [0.25, 0.3) is 5.91 Å². The number of hydroxylamine groups is 2. The van der Waals surface area contributed by atoms with Crippen LogP contribution in [0, 0.1) is 12.8 Å². The highest BCUT2D eigenvalue weighted by Gasteiger charge is 2.46. The average molecular weight is 412 g/mol. The van der Waals surface area contributed by atoms with Crippen molar-refractivity contribution in [1.82, 2.24) is 10.2 Å². The van der Waals surface area contributed by atoms with Crippen LogP contribution in [-0.4, -0.2) is 29.3 Å². The lowest BCUT2D eigenvalue weighted by Gasteiger charge is -2.32. The number of aryl methyl sites for hydroxylation is 1. The summed E-state index contributed by atoms with van der Waals surface area (Å²) >= 11 is 0. The van der Waals surface area contributed by atoms with Gasteiger partial charge in [0.15, 0.2) is 0 Å². The summed E-state index contributed by atoms with van der Waals surface area (Å²) in [7, 11) is 0. The Bertz CT molecular complexity index is 1300. The molecule has 1 aromatic heterocycles. The third kappa shape index (κ3) is 2.75. The van der Waals surface area contributed by atoms with Crippen LogP contribution in [0.25, 0.3) is 22.0 Å². The number of carbonyl (C=O) groups is 1. The molecule has 3 aromatic carbocycles. The molecule has 0 bridgehead atoms. The van der Waals surface area contributed by atoms with Crippen LogP contribution in [0.1, 0.15) is 27.7 Å². The molecular formula is C25H20N2O4. The highest BCUT2D eigenvalue weighted by molar-refractivity contribution is 6.01. The number of nitrogens with zero attached hydrogens (tertiary/aromatic N) is 2. The minimum atomic E-state index is -0.245. The van der Waals surface area contributed by atoms with Gasteiger partial charge in [-0.3, -0.25) is 9.63 Å². The van der Waals surface area contributed by atoms with Crippen LogP contribution >= 0.6 is 0 Å². The number of hydrogen-bond donors (Lipinski definition) is 0. The number of fused-ring (bicyclic) bond motifs is 5. The second-order valence-electron chi connectivity index (χ2n) is 7.97. The van der Waals surface area contributed by atoms with Gasteiger partial charge in [-0.1, -0.05) is 65.8 Å². The van der Waals surface area contributed by atoms with Crippen LogP contribution in [0.3, 0.4) is 0 Å². The fourth-order valence-electron chi connectivity index (χ4n) is 4.65. The van der Waals surface area contributed by atoms with Gasteiger partial charge in [-0.15, -0.1) is 0 Å². The van der Waals surface area contributed by atoms with E-state index in [0.29, 0.717) is 30.2 Å². The molecule has 0 N–H and O–H groups in total. The van der Waals surface area contributed by atoms with Crippen molar-refractivity contribution in [1.29, 1.82) is 0 Å². The molecule has 0 unspecified atom stereocenters. The number of ether oxygens (including phenoxy) is 1. The first-order valence-corrected chi connectivity index (χ1v) is 10.3. The van der Waals surface area contributed by atoms with Gasteiger partial charge < -0.3 is 9.26 Å². The monoisotopic (exact) mass is 412 g/mol. The molecule has 1 amide bonds. The van der Waals surface area contributed by atoms with Crippen LogP contribution in [0.4, 0.5) is 0 Å². The van der Waals surface area contributed by atoms with Gasteiger partial charge in [0, 0.05) is 17.0 Å². The second-order valence-corrected chi connectivity index (χ2v) is 7.97. The lowest BCUT2D eigenvalue weighted by Crippen LogP contribution is -2.35. The van der Waals surface area contributed by atoms with Crippen LogP contribution in [0.15, 0.2) is 71.3 Å². The Morgan fingerprint density at radius 2 is 1.81 bits per heavy atom. The van der Waals surface area contributed by atoms with E-state index < -0.39 is 0 Å². The normalized spacial score (nSPS) is 19.7. The van der Waals surface area contributed by atoms with Crippen molar-refractivity contribution in [3.8, 4) is 17.0 Å². The highest BCUT2D eigenvalue weighted by Crippen LogP contribution is 2.47. The molecule has 4 aromatic rings. The van der Waals surface area contributed by atoms with E-state index in [2.05, 4.69) is 17.3 Å². The smallest absolute Gasteiger partial charge is 0.283 e.